The Bertz CT molecular complexity index is 576. The van der Waals surface area contributed by atoms with Gasteiger partial charge >= 0.3 is 12.1 Å². The van der Waals surface area contributed by atoms with Crippen molar-refractivity contribution in [2.75, 3.05) is 19.8 Å². The highest BCUT2D eigenvalue weighted by molar-refractivity contribution is 6.35. The molecule has 0 fully saturated rings. The Morgan fingerprint density at radius 2 is 1.75 bits per heavy atom. The van der Waals surface area contributed by atoms with E-state index in [9.17, 15) is 9.59 Å². The van der Waals surface area contributed by atoms with Gasteiger partial charge in [0, 0.05) is 18.1 Å². The first-order valence-electron chi connectivity index (χ1n) is 7.24. The fourth-order valence-electron chi connectivity index (χ4n) is 1.49. The molecular weight excluding hydrogens is 357 g/mol. The zero-order chi connectivity index (χ0) is 18.2. The van der Waals surface area contributed by atoms with Gasteiger partial charge in [0.25, 0.3) is 0 Å². The van der Waals surface area contributed by atoms with Crippen LogP contribution in [0.4, 0.5) is 9.59 Å². The molecule has 0 heterocycles. The Hall–Kier alpha value is -1.86. The molecule has 7 nitrogen and oxygen atoms in total. The van der Waals surface area contributed by atoms with E-state index in [1.54, 1.807) is 39.0 Å². The second kappa shape index (κ2) is 9.44. The zero-order valence-corrected chi connectivity index (χ0v) is 15.3. The van der Waals surface area contributed by atoms with Crippen LogP contribution in [0.15, 0.2) is 18.2 Å². The zero-order valence-electron chi connectivity index (χ0n) is 13.7. The first kappa shape index (κ1) is 20.2. The van der Waals surface area contributed by atoms with Crippen LogP contribution in [-0.2, 0) is 4.74 Å². The van der Waals surface area contributed by atoms with E-state index in [0.717, 1.165) is 0 Å². The number of alkyl carbamates (subject to hydrolysis) is 1. The second-order valence-corrected chi connectivity index (χ2v) is 6.57. The summed E-state index contributed by atoms with van der Waals surface area (Å²) in [5, 5.41) is 8.42. The van der Waals surface area contributed by atoms with E-state index in [4.69, 9.17) is 32.7 Å². The van der Waals surface area contributed by atoms with Crippen molar-refractivity contribution < 1.29 is 19.1 Å². The molecular formula is C15H21Cl2N3O4. The highest BCUT2D eigenvalue weighted by Gasteiger charge is 2.15. The van der Waals surface area contributed by atoms with E-state index in [1.165, 1.54) is 0 Å². The highest BCUT2D eigenvalue weighted by Crippen LogP contribution is 2.27. The molecule has 134 valence electrons. The van der Waals surface area contributed by atoms with Gasteiger partial charge in [-0.05, 0) is 39.0 Å². The number of nitrogens with one attached hydrogen (secondary N) is 3. The molecule has 0 unspecified atom stereocenters. The maximum Gasteiger partial charge on any atom is 0.407 e. The lowest BCUT2D eigenvalue weighted by Crippen LogP contribution is -2.42. The van der Waals surface area contributed by atoms with Gasteiger partial charge in [0.15, 0.2) is 6.73 Å². The molecule has 3 amide bonds. The molecule has 0 aromatic heterocycles. The summed E-state index contributed by atoms with van der Waals surface area (Å²) in [6.07, 6.45) is -0.537. The summed E-state index contributed by atoms with van der Waals surface area (Å²) in [4.78, 5) is 22.9. The molecule has 3 N–H and O–H groups in total. The van der Waals surface area contributed by atoms with Crippen molar-refractivity contribution >= 4 is 35.3 Å². The van der Waals surface area contributed by atoms with Crippen molar-refractivity contribution in [3.05, 3.63) is 28.2 Å². The SMILES string of the molecule is CC(C)(C)OC(=O)NCCNC(=O)NCOc1ccc(Cl)cc1Cl. The third kappa shape index (κ3) is 8.69. The van der Waals surface area contributed by atoms with Gasteiger partial charge in [-0.2, -0.15) is 0 Å². The van der Waals surface area contributed by atoms with Crippen molar-refractivity contribution in [1.29, 1.82) is 0 Å². The Labute approximate surface area is 151 Å². The summed E-state index contributed by atoms with van der Waals surface area (Å²) in [7, 11) is 0. The average Bonchev–Trinajstić information content (AvgIpc) is 2.44. The number of ether oxygens (including phenoxy) is 2. The number of rotatable bonds is 6. The van der Waals surface area contributed by atoms with Gasteiger partial charge in [0.2, 0.25) is 0 Å². The lowest BCUT2D eigenvalue weighted by Gasteiger charge is -2.19. The van der Waals surface area contributed by atoms with Crippen LogP contribution >= 0.6 is 23.2 Å². The average molecular weight is 378 g/mol. The molecule has 0 aliphatic carbocycles. The molecule has 0 bridgehead atoms. The Morgan fingerprint density at radius 1 is 1.08 bits per heavy atom. The van der Waals surface area contributed by atoms with Crippen molar-refractivity contribution in [1.82, 2.24) is 16.0 Å². The van der Waals surface area contributed by atoms with Crippen molar-refractivity contribution in [2.45, 2.75) is 26.4 Å². The van der Waals surface area contributed by atoms with Crippen LogP contribution in [-0.4, -0.2) is 37.5 Å². The topological polar surface area (TPSA) is 88.7 Å². The summed E-state index contributed by atoms with van der Waals surface area (Å²) in [6, 6.07) is 4.34. The van der Waals surface area contributed by atoms with E-state index >= 15 is 0 Å². The summed E-state index contributed by atoms with van der Waals surface area (Å²) in [5.41, 5.74) is -0.560. The van der Waals surface area contributed by atoms with Gasteiger partial charge in [0.05, 0.1) is 5.02 Å². The van der Waals surface area contributed by atoms with Gasteiger partial charge in [-0.3, -0.25) is 0 Å². The van der Waals surface area contributed by atoms with Crippen LogP contribution in [0.3, 0.4) is 0 Å². The lowest BCUT2D eigenvalue weighted by molar-refractivity contribution is 0.0528. The quantitative estimate of drug-likeness (QED) is 0.524. The number of carbonyl (C=O) groups excluding carboxylic acids is 2. The Balaban J connectivity index is 2.15. The number of urea groups is 1. The van der Waals surface area contributed by atoms with E-state index in [0.29, 0.717) is 15.8 Å². The van der Waals surface area contributed by atoms with Gasteiger partial charge in [-0.25, -0.2) is 9.59 Å². The number of benzene rings is 1. The normalized spacial score (nSPS) is 10.7. The van der Waals surface area contributed by atoms with Gasteiger partial charge < -0.3 is 25.4 Å². The minimum atomic E-state index is -0.560. The molecule has 1 rings (SSSR count). The number of halogens is 2. The van der Waals surface area contributed by atoms with Crippen molar-refractivity contribution in [3.8, 4) is 5.75 Å². The Morgan fingerprint density at radius 3 is 2.38 bits per heavy atom. The van der Waals surface area contributed by atoms with E-state index in [2.05, 4.69) is 16.0 Å². The predicted octanol–water partition coefficient (Wildman–Crippen LogP) is 3.15. The number of carbonyl (C=O) groups is 2. The predicted molar refractivity (Wildman–Crippen MR) is 92.7 cm³/mol. The van der Waals surface area contributed by atoms with E-state index < -0.39 is 17.7 Å². The van der Waals surface area contributed by atoms with Crippen LogP contribution in [0.1, 0.15) is 20.8 Å². The number of hydrogen-bond donors (Lipinski definition) is 3. The standard InChI is InChI=1S/C15H21Cl2N3O4/c1-15(2,3)24-14(22)19-7-6-18-13(21)20-9-23-12-5-4-10(16)8-11(12)17/h4-5,8H,6-7,9H2,1-3H3,(H,19,22)(H2,18,20,21). The largest absolute Gasteiger partial charge is 0.472 e. The van der Waals surface area contributed by atoms with Gasteiger partial charge in [-0.15, -0.1) is 0 Å². The minimum Gasteiger partial charge on any atom is -0.472 e. The molecule has 1 aromatic carbocycles. The third-order valence-electron chi connectivity index (χ3n) is 2.43. The van der Waals surface area contributed by atoms with Gasteiger partial charge in [-0.1, -0.05) is 23.2 Å². The Kier molecular flexibility index (Phi) is 7.94. The van der Waals surface area contributed by atoms with Crippen molar-refractivity contribution in [3.63, 3.8) is 0 Å². The number of hydrogen-bond acceptors (Lipinski definition) is 4. The molecule has 24 heavy (non-hydrogen) atoms. The van der Waals surface area contributed by atoms with Crippen molar-refractivity contribution in [2.24, 2.45) is 0 Å². The third-order valence-corrected chi connectivity index (χ3v) is 2.96. The van der Waals surface area contributed by atoms with E-state index in [1.807, 2.05) is 0 Å². The summed E-state index contributed by atoms with van der Waals surface area (Å²) in [6.45, 7) is 5.73. The molecule has 9 heteroatoms. The molecule has 0 aliphatic heterocycles. The molecule has 0 saturated carbocycles. The van der Waals surface area contributed by atoms with E-state index in [-0.39, 0.29) is 19.8 Å². The van der Waals surface area contributed by atoms with Crippen LogP contribution < -0.4 is 20.7 Å². The van der Waals surface area contributed by atoms with Gasteiger partial charge in [0.1, 0.15) is 11.4 Å². The van der Waals surface area contributed by atoms with Crippen LogP contribution in [0.5, 0.6) is 5.75 Å². The second-order valence-electron chi connectivity index (χ2n) is 5.72. The lowest BCUT2D eigenvalue weighted by atomic mass is 10.2. The smallest absolute Gasteiger partial charge is 0.407 e. The summed E-state index contributed by atoms with van der Waals surface area (Å²) in [5.74, 6) is 0.410. The highest BCUT2D eigenvalue weighted by atomic mass is 35.5. The van der Waals surface area contributed by atoms with Crippen LogP contribution in [0, 0.1) is 0 Å². The maximum atomic E-state index is 11.5. The first-order valence-corrected chi connectivity index (χ1v) is 7.99. The molecule has 0 saturated heterocycles. The number of amides is 3. The molecule has 0 atom stereocenters. The summed E-state index contributed by atoms with van der Waals surface area (Å²) < 4.78 is 10.4. The minimum absolute atomic E-state index is 0.0628. The fourth-order valence-corrected chi connectivity index (χ4v) is 1.95. The molecule has 1 aromatic rings. The fraction of sp³-hybridized carbons (Fsp3) is 0.467. The van der Waals surface area contributed by atoms with Crippen LogP contribution in [0.25, 0.3) is 0 Å². The summed E-state index contributed by atoms with van der Waals surface area (Å²) >= 11 is 11.7. The molecule has 0 radical (unpaired) electrons. The maximum absolute atomic E-state index is 11.5. The monoisotopic (exact) mass is 377 g/mol. The van der Waals surface area contributed by atoms with Crippen LogP contribution in [0.2, 0.25) is 10.0 Å². The first-order chi connectivity index (χ1) is 11.2. The molecule has 0 spiro atoms. The molecule has 0 aliphatic rings.